The first-order valence-electron chi connectivity index (χ1n) is 6.10. The molecule has 0 spiro atoms. The van der Waals surface area contributed by atoms with Gasteiger partial charge in [-0.05, 0) is 36.4 Å². The molecule has 3 nitrogen and oxygen atoms in total. The molecule has 0 unspecified atom stereocenters. The molecule has 1 aromatic heterocycles. The minimum Gasteiger partial charge on any atom is -0.384 e. The van der Waals surface area contributed by atoms with E-state index in [0.717, 1.165) is 11.1 Å². The van der Waals surface area contributed by atoms with E-state index in [1.807, 2.05) is 48.7 Å². The quantitative estimate of drug-likeness (QED) is 0.901. The lowest BCUT2D eigenvalue weighted by Crippen LogP contribution is -2.38. The van der Waals surface area contributed by atoms with Crippen LogP contribution in [0.5, 0.6) is 0 Å². The standard InChI is InChI=1S/C15H17NO2S/c1-11-8-13(19-9-11)14(17)16-10-15(2,18)12-6-4-3-5-7-12/h3-9,18H,10H2,1-2H3,(H,16,17)/t15-/m0/s1. The fourth-order valence-electron chi connectivity index (χ4n) is 1.79. The van der Waals surface area contributed by atoms with Crippen molar-refractivity contribution in [3.8, 4) is 0 Å². The molecule has 0 fully saturated rings. The zero-order chi connectivity index (χ0) is 13.9. The van der Waals surface area contributed by atoms with Crippen LogP contribution in [0, 0.1) is 6.92 Å². The molecule has 0 bridgehead atoms. The van der Waals surface area contributed by atoms with Gasteiger partial charge in [0.15, 0.2) is 0 Å². The Morgan fingerprint density at radius 3 is 2.63 bits per heavy atom. The number of amides is 1. The number of thiophene rings is 1. The number of carbonyl (C=O) groups is 1. The van der Waals surface area contributed by atoms with Crippen molar-refractivity contribution in [2.75, 3.05) is 6.54 Å². The Kier molecular flexibility index (Phi) is 4.02. The highest BCUT2D eigenvalue weighted by atomic mass is 32.1. The van der Waals surface area contributed by atoms with Crippen LogP contribution in [0.15, 0.2) is 41.8 Å². The molecule has 0 radical (unpaired) electrons. The number of hydrogen-bond acceptors (Lipinski definition) is 3. The summed E-state index contributed by atoms with van der Waals surface area (Å²) < 4.78 is 0. The molecule has 1 aromatic carbocycles. The Hall–Kier alpha value is -1.65. The lowest BCUT2D eigenvalue weighted by Gasteiger charge is -2.24. The largest absolute Gasteiger partial charge is 0.384 e. The minimum absolute atomic E-state index is 0.144. The molecule has 0 saturated heterocycles. The van der Waals surface area contributed by atoms with Crippen molar-refractivity contribution in [2.24, 2.45) is 0 Å². The predicted octanol–water partition coefficient (Wildman–Crippen LogP) is 2.69. The van der Waals surface area contributed by atoms with Gasteiger partial charge < -0.3 is 10.4 Å². The molecule has 19 heavy (non-hydrogen) atoms. The molecule has 1 amide bonds. The van der Waals surface area contributed by atoms with E-state index in [4.69, 9.17) is 0 Å². The average Bonchev–Trinajstić information content (AvgIpc) is 2.84. The fourth-order valence-corrected chi connectivity index (χ4v) is 2.60. The van der Waals surface area contributed by atoms with E-state index in [2.05, 4.69) is 5.32 Å². The lowest BCUT2D eigenvalue weighted by molar-refractivity contribution is 0.0527. The van der Waals surface area contributed by atoms with Gasteiger partial charge in [0.25, 0.3) is 5.91 Å². The molecule has 0 aliphatic carbocycles. The molecule has 0 saturated carbocycles. The molecule has 4 heteroatoms. The zero-order valence-electron chi connectivity index (χ0n) is 11.0. The van der Waals surface area contributed by atoms with Crippen LogP contribution >= 0.6 is 11.3 Å². The summed E-state index contributed by atoms with van der Waals surface area (Å²) in [5, 5.41) is 15.1. The number of nitrogens with one attached hydrogen (secondary N) is 1. The summed E-state index contributed by atoms with van der Waals surface area (Å²) in [4.78, 5) is 12.6. The van der Waals surface area contributed by atoms with Crippen LogP contribution in [0.2, 0.25) is 0 Å². The molecule has 100 valence electrons. The van der Waals surface area contributed by atoms with E-state index in [9.17, 15) is 9.90 Å². The highest BCUT2D eigenvalue weighted by molar-refractivity contribution is 7.12. The fraction of sp³-hybridized carbons (Fsp3) is 0.267. The van der Waals surface area contributed by atoms with Crippen LogP contribution in [-0.4, -0.2) is 17.6 Å². The maximum Gasteiger partial charge on any atom is 0.261 e. The van der Waals surface area contributed by atoms with Gasteiger partial charge in [-0.15, -0.1) is 11.3 Å². The van der Waals surface area contributed by atoms with Gasteiger partial charge in [-0.25, -0.2) is 0 Å². The van der Waals surface area contributed by atoms with Gasteiger partial charge in [-0.3, -0.25) is 4.79 Å². The van der Waals surface area contributed by atoms with Gasteiger partial charge in [0.2, 0.25) is 0 Å². The van der Waals surface area contributed by atoms with Gasteiger partial charge in [0.1, 0.15) is 5.60 Å². The highest BCUT2D eigenvalue weighted by Crippen LogP contribution is 2.19. The number of rotatable bonds is 4. The first-order chi connectivity index (χ1) is 8.99. The second-order valence-electron chi connectivity index (χ2n) is 4.81. The summed E-state index contributed by atoms with van der Waals surface area (Å²) in [5.41, 5.74) is 0.797. The van der Waals surface area contributed by atoms with E-state index in [-0.39, 0.29) is 12.5 Å². The first kappa shape index (κ1) is 13.8. The summed E-state index contributed by atoms with van der Waals surface area (Å²) in [5.74, 6) is -0.144. The minimum atomic E-state index is -1.07. The van der Waals surface area contributed by atoms with E-state index >= 15 is 0 Å². The number of carbonyl (C=O) groups excluding carboxylic acids is 1. The molecular weight excluding hydrogens is 258 g/mol. The smallest absolute Gasteiger partial charge is 0.261 e. The van der Waals surface area contributed by atoms with Crippen LogP contribution < -0.4 is 5.32 Å². The normalized spacial score (nSPS) is 13.8. The van der Waals surface area contributed by atoms with Crippen molar-refractivity contribution in [1.29, 1.82) is 0 Å². The highest BCUT2D eigenvalue weighted by Gasteiger charge is 2.23. The maximum atomic E-state index is 11.9. The Labute approximate surface area is 116 Å². The van der Waals surface area contributed by atoms with Gasteiger partial charge >= 0.3 is 0 Å². The third-order valence-electron chi connectivity index (χ3n) is 2.94. The SMILES string of the molecule is Cc1csc(C(=O)NC[C@](C)(O)c2ccccc2)c1. The maximum absolute atomic E-state index is 11.9. The lowest BCUT2D eigenvalue weighted by atomic mass is 9.96. The molecule has 2 rings (SSSR count). The molecule has 0 aliphatic rings. The molecule has 2 aromatic rings. The first-order valence-corrected chi connectivity index (χ1v) is 6.98. The van der Waals surface area contributed by atoms with Crippen molar-refractivity contribution >= 4 is 17.2 Å². The predicted molar refractivity (Wildman–Crippen MR) is 77.4 cm³/mol. The molecular formula is C15H17NO2S. The van der Waals surface area contributed by atoms with Crippen molar-refractivity contribution in [1.82, 2.24) is 5.32 Å². The van der Waals surface area contributed by atoms with Crippen molar-refractivity contribution in [2.45, 2.75) is 19.4 Å². The number of aryl methyl sites for hydroxylation is 1. The van der Waals surface area contributed by atoms with Crippen molar-refractivity contribution < 1.29 is 9.90 Å². The van der Waals surface area contributed by atoms with Crippen LogP contribution in [0.3, 0.4) is 0 Å². The van der Waals surface area contributed by atoms with Crippen molar-refractivity contribution in [3.05, 3.63) is 57.8 Å². The van der Waals surface area contributed by atoms with Crippen LogP contribution in [-0.2, 0) is 5.60 Å². The summed E-state index contributed by atoms with van der Waals surface area (Å²) in [6.07, 6.45) is 0. The Morgan fingerprint density at radius 2 is 2.05 bits per heavy atom. The van der Waals surface area contributed by atoms with E-state index in [0.29, 0.717) is 4.88 Å². The zero-order valence-corrected chi connectivity index (χ0v) is 11.8. The summed E-state index contributed by atoms with van der Waals surface area (Å²) in [7, 11) is 0. The second kappa shape index (κ2) is 5.55. The third kappa shape index (κ3) is 3.43. The molecule has 1 atom stereocenters. The van der Waals surface area contributed by atoms with E-state index in [1.165, 1.54) is 11.3 Å². The molecule has 2 N–H and O–H groups in total. The average molecular weight is 275 g/mol. The summed E-state index contributed by atoms with van der Waals surface area (Å²) in [6.45, 7) is 3.84. The van der Waals surface area contributed by atoms with Crippen molar-refractivity contribution in [3.63, 3.8) is 0 Å². The topological polar surface area (TPSA) is 49.3 Å². The van der Waals surface area contributed by atoms with Gasteiger partial charge in [-0.1, -0.05) is 30.3 Å². The third-order valence-corrected chi connectivity index (χ3v) is 3.99. The van der Waals surface area contributed by atoms with E-state index in [1.54, 1.807) is 6.92 Å². The Morgan fingerprint density at radius 1 is 1.37 bits per heavy atom. The van der Waals surface area contributed by atoms with Gasteiger partial charge in [0, 0.05) is 0 Å². The van der Waals surface area contributed by atoms with Crippen LogP contribution in [0.1, 0.15) is 27.7 Å². The van der Waals surface area contributed by atoms with Gasteiger partial charge in [-0.2, -0.15) is 0 Å². The summed E-state index contributed by atoms with van der Waals surface area (Å²) in [6, 6.07) is 11.2. The molecule has 0 aliphatic heterocycles. The van der Waals surface area contributed by atoms with E-state index < -0.39 is 5.60 Å². The monoisotopic (exact) mass is 275 g/mol. The number of benzene rings is 1. The van der Waals surface area contributed by atoms with Gasteiger partial charge in [0.05, 0.1) is 11.4 Å². The van der Waals surface area contributed by atoms with Crippen LogP contribution in [0.4, 0.5) is 0 Å². The Bertz CT molecular complexity index is 561. The second-order valence-corrected chi connectivity index (χ2v) is 5.72. The van der Waals surface area contributed by atoms with Crippen LogP contribution in [0.25, 0.3) is 0 Å². The summed E-state index contributed by atoms with van der Waals surface area (Å²) >= 11 is 1.41. The molecule has 1 heterocycles. The number of aliphatic hydroxyl groups is 1. The number of hydrogen-bond donors (Lipinski definition) is 2. The Balaban J connectivity index is 2.00.